The Morgan fingerprint density at radius 3 is 2.29 bits per heavy atom. The maximum atomic E-state index is 9.23. The van der Waals surface area contributed by atoms with Crippen LogP contribution in [-0.2, 0) is 0 Å². The van der Waals surface area contributed by atoms with Gasteiger partial charge in [0.05, 0.1) is 11.1 Å². The second kappa shape index (κ2) is 5.56. The zero-order chi connectivity index (χ0) is 13.0. The van der Waals surface area contributed by atoms with E-state index in [1.165, 1.54) is 11.8 Å². The molecule has 0 amide bonds. The van der Waals surface area contributed by atoms with Gasteiger partial charge in [0, 0.05) is 0 Å². The minimum absolute atomic E-state index is 0.0702. The normalized spacial score (nSPS) is 10.0. The second-order valence-electron chi connectivity index (χ2n) is 3.78. The molecule has 0 spiro atoms. The van der Waals surface area contributed by atoms with Crippen LogP contribution in [0.5, 0.6) is 0 Å². The van der Waals surface area contributed by atoms with E-state index in [0.29, 0.717) is 21.7 Å². The van der Waals surface area contributed by atoms with Gasteiger partial charge in [0.2, 0.25) is 0 Å². The average molecular weight is 246 g/mol. The van der Waals surface area contributed by atoms with Gasteiger partial charge in [0.25, 0.3) is 0 Å². The molecule has 0 atom stereocenters. The minimum Gasteiger partial charge on any atom is -0.383 e. The van der Waals surface area contributed by atoms with Crippen LogP contribution in [0, 0.1) is 22.7 Å². The molecule has 0 aliphatic heterocycles. The third-order valence-electron chi connectivity index (χ3n) is 2.31. The van der Waals surface area contributed by atoms with Crippen LogP contribution in [0.2, 0.25) is 0 Å². The van der Waals surface area contributed by atoms with Crippen molar-refractivity contribution in [3.8, 4) is 12.1 Å². The summed E-state index contributed by atoms with van der Waals surface area (Å²) in [5.41, 5.74) is 7.29. The van der Waals surface area contributed by atoms with Crippen LogP contribution >= 0.6 is 11.8 Å². The number of anilines is 1. The Bertz CT molecular complexity index is 509. The van der Waals surface area contributed by atoms with Crippen LogP contribution in [0.1, 0.15) is 43.4 Å². The molecule has 0 radical (unpaired) electrons. The van der Waals surface area contributed by atoms with Crippen LogP contribution in [0.4, 0.5) is 5.82 Å². The smallest absolute Gasteiger partial charge is 0.143 e. The van der Waals surface area contributed by atoms with Crippen molar-refractivity contribution < 1.29 is 0 Å². The summed E-state index contributed by atoms with van der Waals surface area (Å²) in [6.45, 7) is 5.87. The van der Waals surface area contributed by atoms with Gasteiger partial charge in [0.1, 0.15) is 23.0 Å². The van der Waals surface area contributed by atoms with Crippen molar-refractivity contribution >= 4 is 17.6 Å². The molecule has 0 saturated carbocycles. The van der Waals surface area contributed by atoms with Crippen LogP contribution in [-0.4, -0.2) is 10.7 Å². The van der Waals surface area contributed by atoms with E-state index in [1.807, 2.05) is 26.8 Å². The summed E-state index contributed by atoms with van der Waals surface area (Å²) in [4.78, 5) is 4.14. The van der Waals surface area contributed by atoms with Gasteiger partial charge < -0.3 is 5.73 Å². The number of rotatable bonds is 3. The largest absolute Gasteiger partial charge is 0.383 e. The van der Waals surface area contributed by atoms with Gasteiger partial charge in [-0.15, -0.1) is 11.8 Å². The summed E-state index contributed by atoms with van der Waals surface area (Å²) < 4.78 is 0. The Morgan fingerprint density at radius 2 is 1.88 bits per heavy atom. The molecule has 1 aromatic heterocycles. The molecule has 0 unspecified atom stereocenters. The molecule has 0 saturated heterocycles. The topological polar surface area (TPSA) is 86.5 Å². The third kappa shape index (κ3) is 2.51. The maximum Gasteiger partial charge on any atom is 0.143 e. The lowest BCUT2D eigenvalue weighted by molar-refractivity contribution is 0.843. The van der Waals surface area contributed by atoms with Crippen molar-refractivity contribution in [2.24, 2.45) is 0 Å². The van der Waals surface area contributed by atoms with Crippen LogP contribution in [0.3, 0.4) is 0 Å². The fraction of sp³-hybridized carbons (Fsp3) is 0.417. The molecule has 0 bridgehead atoms. The first-order valence-electron chi connectivity index (χ1n) is 5.33. The fourth-order valence-electron chi connectivity index (χ4n) is 1.64. The molecule has 1 aromatic rings. The summed E-state index contributed by atoms with van der Waals surface area (Å²) in [5, 5.41) is 19.0. The SMILES string of the molecule is CCSc1nc(N)c(C#N)c(C(C)C)c1C#N. The van der Waals surface area contributed by atoms with Gasteiger partial charge in [-0.3, -0.25) is 0 Å². The van der Waals surface area contributed by atoms with Crippen molar-refractivity contribution in [1.82, 2.24) is 4.98 Å². The van der Waals surface area contributed by atoms with Crippen LogP contribution in [0.25, 0.3) is 0 Å². The molecule has 17 heavy (non-hydrogen) atoms. The summed E-state index contributed by atoms with van der Waals surface area (Å²) in [6.07, 6.45) is 0. The van der Waals surface area contributed by atoms with Gasteiger partial charge in [-0.05, 0) is 17.2 Å². The second-order valence-corrected chi connectivity index (χ2v) is 5.03. The highest BCUT2D eigenvalue weighted by atomic mass is 32.2. The quantitative estimate of drug-likeness (QED) is 0.828. The van der Waals surface area contributed by atoms with Gasteiger partial charge in [0.15, 0.2) is 0 Å². The highest BCUT2D eigenvalue weighted by molar-refractivity contribution is 7.99. The van der Waals surface area contributed by atoms with E-state index in [0.717, 1.165) is 5.75 Å². The van der Waals surface area contributed by atoms with Crippen molar-refractivity contribution in [2.45, 2.75) is 31.7 Å². The molecule has 4 nitrogen and oxygen atoms in total. The first-order valence-corrected chi connectivity index (χ1v) is 6.31. The Hall–Kier alpha value is -1.72. The van der Waals surface area contributed by atoms with E-state index in [9.17, 15) is 5.26 Å². The highest BCUT2D eigenvalue weighted by Crippen LogP contribution is 2.32. The zero-order valence-corrected chi connectivity index (χ0v) is 10.9. The lowest BCUT2D eigenvalue weighted by Crippen LogP contribution is -2.07. The number of hydrogen-bond donors (Lipinski definition) is 1. The van der Waals surface area contributed by atoms with Gasteiger partial charge in [-0.1, -0.05) is 20.8 Å². The van der Waals surface area contributed by atoms with E-state index < -0.39 is 0 Å². The lowest BCUT2D eigenvalue weighted by Gasteiger charge is -2.14. The average Bonchev–Trinajstić information content (AvgIpc) is 2.28. The van der Waals surface area contributed by atoms with Crippen LogP contribution < -0.4 is 5.73 Å². The molecule has 88 valence electrons. The Balaban J connectivity index is 3.62. The number of aromatic nitrogens is 1. The van der Waals surface area contributed by atoms with E-state index in [-0.39, 0.29) is 11.7 Å². The molecular weight excluding hydrogens is 232 g/mol. The fourth-order valence-corrected chi connectivity index (χ4v) is 2.38. The minimum atomic E-state index is 0.0702. The number of nitrogen functional groups attached to an aromatic ring is 1. The predicted octanol–water partition coefficient (Wildman–Crippen LogP) is 2.64. The summed E-state index contributed by atoms with van der Waals surface area (Å²) in [7, 11) is 0. The van der Waals surface area contributed by atoms with Crippen LogP contribution in [0.15, 0.2) is 5.03 Å². The molecule has 0 aliphatic carbocycles. The van der Waals surface area contributed by atoms with E-state index in [4.69, 9.17) is 11.0 Å². The Labute approximate surface area is 105 Å². The third-order valence-corrected chi connectivity index (χ3v) is 3.17. The Kier molecular flexibility index (Phi) is 4.37. The van der Waals surface area contributed by atoms with Crippen molar-refractivity contribution in [2.75, 3.05) is 11.5 Å². The number of nitriles is 2. The van der Waals surface area contributed by atoms with E-state index in [1.54, 1.807) is 0 Å². The molecule has 0 fully saturated rings. The van der Waals surface area contributed by atoms with E-state index >= 15 is 0 Å². The van der Waals surface area contributed by atoms with Crippen molar-refractivity contribution in [3.63, 3.8) is 0 Å². The van der Waals surface area contributed by atoms with Gasteiger partial charge >= 0.3 is 0 Å². The lowest BCUT2D eigenvalue weighted by atomic mass is 9.94. The summed E-state index contributed by atoms with van der Waals surface area (Å²) in [6, 6.07) is 4.18. The number of nitrogens with zero attached hydrogens (tertiary/aromatic N) is 3. The Morgan fingerprint density at radius 1 is 1.29 bits per heavy atom. The number of pyridine rings is 1. The number of nitrogens with two attached hydrogens (primary N) is 1. The maximum absolute atomic E-state index is 9.23. The highest BCUT2D eigenvalue weighted by Gasteiger charge is 2.20. The summed E-state index contributed by atoms with van der Waals surface area (Å²) in [5.74, 6) is 1.09. The molecular formula is C12H14N4S. The zero-order valence-electron chi connectivity index (χ0n) is 10.1. The molecule has 5 heteroatoms. The first kappa shape index (κ1) is 13.3. The molecule has 0 aromatic carbocycles. The number of hydrogen-bond acceptors (Lipinski definition) is 5. The monoisotopic (exact) mass is 246 g/mol. The van der Waals surface area contributed by atoms with Crippen molar-refractivity contribution in [3.05, 3.63) is 16.7 Å². The molecule has 2 N–H and O–H groups in total. The molecule has 1 heterocycles. The molecule has 1 rings (SSSR count). The molecule has 0 aliphatic rings. The standard InChI is InChI=1S/C12H14N4S/c1-4-17-12-9(6-14)10(7(2)3)8(5-13)11(15)16-12/h7H,4H2,1-3H3,(H2,15,16). The predicted molar refractivity (Wildman–Crippen MR) is 68.6 cm³/mol. The van der Waals surface area contributed by atoms with Gasteiger partial charge in [-0.2, -0.15) is 10.5 Å². The van der Waals surface area contributed by atoms with Crippen molar-refractivity contribution in [1.29, 1.82) is 10.5 Å². The van der Waals surface area contributed by atoms with Gasteiger partial charge in [-0.25, -0.2) is 4.98 Å². The summed E-state index contributed by atoms with van der Waals surface area (Å²) >= 11 is 1.47. The van der Waals surface area contributed by atoms with E-state index in [2.05, 4.69) is 11.1 Å². The first-order chi connectivity index (χ1) is 8.06. The number of thioether (sulfide) groups is 1.